The monoisotopic (exact) mass is 451 g/mol. The van der Waals surface area contributed by atoms with Crippen molar-refractivity contribution in [3.8, 4) is 11.3 Å². The minimum Gasteiger partial charge on any atom is -0.342 e. The molecular formula is C23H22BrN3O2. The van der Waals surface area contributed by atoms with Gasteiger partial charge in [0.2, 0.25) is 5.91 Å². The molecule has 2 aromatic carbocycles. The van der Waals surface area contributed by atoms with Crippen LogP contribution >= 0.6 is 15.9 Å². The van der Waals surface area contributed by atoms with E-state index in [-0.39, 0.29) is 11.8 Å². The lowest BCUT2D eigenvalue weighted by molar-refractivity contribution is -0.128. The summed E-state index contributed by atoms with van der Waals surface area (Å²) < 4.78 is 0.975. The lowest BCUT2D eigenvalue weighted by atomic mass is 10.1. The number of hydrogen-bond donors (Lipinski definition) is 1. The minimum atomic E-state index is -0.228. The first-order valence-corrected chi connectivity index (χ1v) is 9.99. The number of nitrogens with one attached hydrogen (secondary N) is 1. The summed E-state index contributed by atoms with van der Waals surface area (Å²) in [5.41, 5.74) is 4.50. The van der Waals surface area contributed by atoms with Crippen LogP contribution in [-0.2, 0) is 11.3 Å². The third-order valence-corrected chi connectivity index (χ3v) is 5.15. The van der Waals surface area contributed by atoms with E-state index >= 15 is 0 Å². The largest absolute Gasteiger partial charge is 0.342 e. The Morgan fingerprint density at radius 2 is 1.83 bits per heavy atom. The lowest BCUT2D eigenvalue weighted by Gasteiger charge is -2.18. The van der Waals surface area contributed by atoms with Gasteiger partial charge in [-0.05, 0) is 42.8 Å². The van der Waals surface area contributed by atoms with Crippen molar-refractivity contribution >= 4 is 33.4 Å². The summed E-state index contributed by atoms with van der Waals surface area (Å²) in [6, 6.07) is 19.0. The second kappa shape index (κ2) is 9.01. The second-order valence-corrected chi connectivity index (χ2v) is 7.74. The molecule has 0 saturated heterocycles. The maximum atomic E-state index is 12.9. The lowest BCUT2D eigenvalue weighted by Crippen LogP contribution is -2.24. The van der Waals surface area contributed by atoms with Gasteiger partial charge in [-0.2, -0.15) is 0 Å². The van der Waals surface area contributed by atoms with Gasteiger partial charge in [0.25, 0.3) is 5.91 Å². The first-order valence-electron chi connectivity index (χ1n) is 9.19. The summed E-state index contributed by atoms with van der Waals surface area (Å²) in [4.78, 5) is 30.6. The fourth-order valence-corrected chi connectivity index (χ4v) is 3.35. The average molecular weight is 452 g/mol. The number of anilines is 1. The van der Waals surface area contributed by atoms with Crippen molar-refractivity contribution in [2.45, 2.75) is 20.4 Å². The highest BCUT2D eigenvalue weighted by Gasteiger charge is 2.14. The summed E-state index contributed by atoms with van der Waals surface area (Å²) in [5, 5.41) is 2.96. The van der Waals surface area contributed by atoms with Crippen molar-refractivity contribution < 1.29 is 9.59 Å². The van der Waals surface area contributed by atoms with Crippen LogP contribution in [0.4, 0.5) is 5.69 Å². The van der Waals surface area contributed by atoms with Crippen molar-refractivity contribution in [2.75, 3.05) is 12.4 Å². The fraction of sp³-hybridized carbons (Fsp3) is 0.174. The van der Waals surface area contributed by atoms with Crippen molar-refractivity contribution in [1.82, 2.24) is 9.88 Å². The molecule has 0 aliphatic rings. The molecule has 148 valence electrons. The van der Waals surface area contributed by atoms with Gasteiger partial charge in [0.1, 0.15) is 0 Å². The Balaban J connectivity index is 1.82. The van der Waals surface area contributed by atoms with Crippen LogP contribution < -0.4 is 5.32 Å². The normalized spacial score (nSPS) is 10.5. The molecule has 0 atom stereocenters. The summed E-state index contributed by atoms with van der Waals surface area (Å²) >= 11 is 3.47. The van der Waals surface area contributed by atoms with Crippen molar-refractivity contribution in [1.29, 1.82) is 0 Å². The molecule has 1 aromatic heterocycles. The standard InChI is InChI=1S/C23H22BrN3O2/c1-15-20(11-12-22(25-15)17-8-6-9-19(24)13-17)23(29)26-21-10-5-4-7-18(21)14-27(3)16(2)28/h4-13H,14H2,1-3H3,(H,26,29). The van der Waals surface area contributed by atoms with Crippen LogP contribution in [0.1, 0.15) is 28.5 Å². The molecule has 0 bridgehead atoms. The van der Waals surface area contributed by atoms with E-state index in [4.69, 9.17) is 0 Å². The van der Waals surface area contributed by atoms with Crippen LogP contribution in [0.25, 0.3) is 11.3 Å². The molecule has 0 saturated carbocycles. The summed E-state index contributed by atoms with van der Waals surface area (Å²) in [6.07, 6.45) is 0. The number of carbonyl (C=O) groups excluding carboxylic acids is 2. The highest BCUT2D eigenvalue weighted by Crippen LogP contribution is 2.23. The molecule has 0 aliphatic carbocycles. The van der Waals surface area contributed by atoms with Crippen LogP contribution in [-0.4, -0.2) is 28.7 Å². The molecule has 0 aliphatic heterocycles. The topological polar surface area (TPSA) is 62.3 Å². The number of hydrogen-bond acceptors (Lipinski definition) is 3. The van der Waals surface area contributed by atoms with Crippen LogP contribution in [0.15, 0.2) is 65.1 Å². The zero-order valence-corrected chi connectivity index (χ0v) is 18.2. The van der Waals surface area contributed by atoms with E-state index in [0.29, 0.717) is 23.5 Å². The average Bonchev–Trinajstić information content (AvgIpc) is 2.69. The third kappa shape index (κ3) is 5.09. The molecule has 3 aromatic rings. The first-order chi connectivity index (χ1) is 13.8. The molecule has 3 rings (SSSR count). The predicted molar refractivity (Wildman–Crippen MR) is 119 cm³/mol. The predicted octanol–water partition coefficient (Wildman–Crippen LogP) is 5.05. The Bertz CT molecular complexity index is 1070. The van der Waals surface area contributed by atoms with E-state index in [1.165, 1.54) is 6.92 Å². The van der Waals surface area contributed by atoms with E-state index in [0.717, 1.165) is 21.3 Å². The Kier molecular flexibility index (Phi) is 6.44. The van der Waals surface area contributed by atoms with Gasteiger partial charge in [-0.15, -0.1) is 0 Å². The molecule has 1 heterocycles. The number of aryl methyl sites for hydroxylation is 1. The molecule has 2 amide bonds. The smallest absolute Gasteiger partial charge is 0.257 e. The van der Waals surface area contributed by atoms with Gasteiger partial charge >= 0.3 is 0 Å². The van der Waals surface area contributed by atoms with Gasteiger partial charge < -0.3 is 10.2 Å². The van der Waals surface area contributed by atoms with E-state index in [1.54, 1.807) is 18.0 Å². The minimum absolute atomic E-state index is 0.0330. The zero-order valence-electron chi connectivity index (χ0n) is 16.6. The van der Waals surface area contributed by atoms with E-state index < -0.39 is 0 Å². The van der Waals surface area contributed by atoms with Gasteiger partial charge in [0, 0.05) is 36.2 Å². The molecule has 0 fully saturated rings. The fourth-order valence-electron chi connectivity index (χ4n) is 2.95. The van der Waals surface area contributed by atoms with Gasteiger partial charge in [-0.3, -0.25) is 14.6 Å². The maximum absolute atomic E-state index is 12.9. The van der Waals surface area contributed by atoms with Gasteiger partial charge in [-0.1, -0.05) is 46.3 Å². The van der Waals surface area contributed by atoms with Crippen molar-refractivity contribution in [3.63, 3.8) is 0 Å². The maximum Gasteiger partial charge on any atom is 0.257 e. The van der Waals surface area contributed by atoms with E-state index in [9.17, 15) is 9.59 Å². The Morgan fingerprint density at radius 3 is 2.52 bits per heavy atom. The quantitative estimate of drug-likeness (QED) is 0.590. The summed E-state index contributed by atoms with van der Waals surface area (Å²) in [5.74, 6) is -0.261. The van der Waals surface area contributed by atoms with Crippen molar-refractivity contribution in [2.24, 2.45) is 0 Å². The van der Waals surface area contributed by atoms with Crippen LogP contribution in [0.2, 0.25) is 0 Å². The van der Waals surface area contributed by atoms with E-state index in [2.05, 4.69) is 26.2 Å². The molecular weight excluding hydrogens is 430 g/mol. The number of aromatic nitrogens is 1. The molecule has 6 heteroatoms. The molecule has 0 unspecified atom stereocenters. The van der Waals surface area contributed by atoms with Crippen LogP contribution in [0, 0.1) is 6.92 Å². The zero-order chi connectivity index (χ0) is 21.0. The second-order valence-electron chi connectivity index (χ2n) is 6.83. The summed E-state index contributed by atoms with van der Waals surface area (Å²) in [7, 11) is 1.73. The van der Waals surface area contributed by atoms with Gasteiger partial charge in [0.15, 0.2) is 0 Å². The SMILES string of the molecule is CC(=O)N(C)Cc1ccccc1NC(=O)c1ccc(-c2cccc(Br)c2)nc1C. The molecule has 5 nitrogen and oxygen atoms in total. The third-order valence-electron chi connectivity index (χ3n) is 4.66. The molecule has 29 heavy (non-hydrogen) atoms. The number of carbonyl (C=O) groups is 2. The number of rotatable bonds is 5. The molecule has 0 spiro atoms. The van der Waals surface area contributed by atoms with Crippen LogP contribution in [0.3, 0.4) is 0 Å². The number of amides is 2. The number of benzene rings is 2. The molecule has 0 radical (unpaired) electrons. The highest BCUT2D eigenvalue weighted by atomic mass is 79.9. The van der Waals surface area contributed by atoms with Crippen molar-refractivity contribution in [3.05, 3.63) is 82.0 Å². The van der Waals surface area contributed by atoms with E-state index in [1.807, 2.05) is 61.5 Å². The Labute approximate surface area is 178 Å². The van der Waals surface area contributed by atoms with Gasteiger partial charge in [-0.25, -0.2) is 0 Å². The molecule has 1 N–H and O–H groups in total. The summed E-state index contributed by atoms with van der Waals surface area (Å²) in [6.45, 7) is 3.76. The highest BCUT2D eigenvalue weighted by molar-refractivity contribution is 9.10. The van der Waals surface area contributed by atoms with Gasteiger partial charge in [0.05, 0.1) is 17.0 Å². The number of nitrogens with zero attached hydrogens (tertiary/aromatic N) is 2. The number of halogens is 1. The number of para-hydroxylation sites is 1. The van der Waals surface area contributed by atoms with Crippen LogP contribution in [0.5, 0.6) is 0 Å². The number of pyridine rings is 1. The first kappa shape index (κ1) is 20.7. The Morgan fingerprint density at radius 1 is 1.07 bits per heavy atom. The Hall–Kier alpha value is -2.99.